The van der Waals surface area contributed by atoms with E-state index >= 15 is 0 Å². The van der Waals surface area contributed by atoms with Crippen LogP contribution in [0.5, 0.6) is 0 Å². The van der Waals surface area contributed by atoms with Crippen molar-refractivity contribution < 1.29 is 14.3 Å². The number of nitrogens with zero attached hydrogens (tertiary/aromatic N) is 2. The number of amides is 1. The van der Waals surface area contributed by atoms with Crippen LogP contribution >= 0.6 is 0 Å². The minimum Gasteiger partial charge on any atom is -0.465 e. The van der Waals surface area contributed by atoms with Crippen molar-refractivity contribution in [1.29, 1.82) is 0 Å². The smallest absolute Gasteiger partial charge is 0.337 e. The van der Waals surface area contributed by atoms with Crippen LogP contribution in [0.15, 0.2) is 59.5 Å². The van der Waals surface area contributed by atoms with Gasteiger partial charge in [-0.05, 0) is 30.3 Å². The van der Waals surface area contributed by atoms with Gasteiger partial charge in [-0.1, -0.05) is 18.2 Å². The second-order valence-corrected chi connectivity index (χ2v) is 5.30. The second kappa shape index (κ2) is 6.96. The number of hydrogen-bond acceptors (Lipinski definition) is 5. The number of carbonyl (C=O) groups excluding carboxylic acids is 2. The summed E-state index contributed by atoms with van der Waals surface area (Å²) in [5.74, 6) is -0.813. The lowest BCUT2D eigenvalue weighted by atomic mass is 10.2. The van der Waals surface area contributed by atoms with Crippen molar-refractivity contribution in [3.63, 3.8) is 0 Å². The highest BCUT2D eigenvalue weighted by molar-refractivity contribution is 5.94. The van der Waals surface area contributed by atoms with Crippen LogP contribution in [0.2, 0.25) is 0 Å². The maximum Gasteiger partial charge on any atom is 0.337 e. The summed E-state index contributed by atoms with van der Waals surface area (Å²) in [6, 6.07) is 13.4. The zero-order chi connectivity index (χ0) is 17.8. The molecule has 0 unspecified atom stereocenters. The lowest BCUT2D eigenvalue weighted by Crippen LogP contribution is -2.22. The van der Waals surface area contributed by atoms with Gasteiger partial charge in [-0.15, -0.1) is 0 Å². The van der Waals surface area contributed by atoms with E-state index in [1.54, 1.807) is 42.5 Å². The molecule has 3 aromatic rings. The number of methoxy groups -OCH3 is 1. The summed E-state index contributed by atoms with van der Waals surface area (Å²) in [4.78, 5) is 35.7. The molecule has 1 amide bonds. The lowest BCUT2D eigenvalue weighted by Gasteiger charge is -2.10. The molecule has 1 N–H and O–H groups in total. The van der Waals surface area contributed by atoms with Gasteiger partial charge in [0, 0.05) is 11.1 Å². The van der Waals surface area contributed by atoms with E-state index < -0.39 is 5.97 Å². The van der Waals surface area contributed by atoms with Gasteiger partial charge in [-0.25, -0.2) is 4.79 Å². The summed E-state index contributed by atoms with van der Waals surface area (Å²) >= 11 is 0. The predicted octanol–water partition coefficient (Wildman–Crippen LogP) is 1.82. The highest BCUT2D eigenvalue weighted by Gasteiger charge is 2.10. The van der Waals surface area contributed by atoms with Gasteiger partial charge in [-0.2, -0.15) is 5.10 Å². The Morgan fingerprint density at radius 2 is 1.96 bits per heavy atom. The first-order valence-electron chi connectivity index (χ1n) is 7.51. The van der Waals surface area contributed by atoms with Gasteiger partial charge >= 0.3 is 5.97 Å². The molecule has 7 nitrogen and oxygen atoms in total. The molecule has 1 heterocycles. The molecule has 0 radical (unpaired) electrons. The van der Waals surface area contributed by atoms with Gasteiger partial charge in [0.15, 0.2) is 0 Å². The summed E-state index contributed by atoms with van der Waals surface area (Å²) in [5.41, 5.74) is 1.19. The van der Waals surface area contributed by atoms with E-state index in [1.807, 2.05) is 0 Å². The number of anilines is 1. The molecule has 0 saturated carbocycles. The summed E-state index contributed by atoms with van der Waals surface area (Å²) < 4.78 is 6.11. The van der Waals surface area contributed by atoms with E-state index in [-0.39, 0.29) is 17.9 Å². The molecule has 126 valence electrons. The Morgan fingerprint density at radius 1 is 1.16 bits per heavy atom. The molecule has 0 aliphatic carbocycles. The highest BCUT2D eigenvalue weighted by Crippen LogP contribution is 2.12. The van der Waals surface area contributed by atoms with Gasteiger partial charge in [0.25, 0.3) is 0 Å². The van der Waals surface area contributed by atoms with Crippen LogP contribution in [0, 0.1) is 0 Å². The van der Waals surface area contributed by atoms with Crippen molar-refractivity contribution in [3.05, 3.63) is 70.5 Å². The quantitative estimate of drug-likeness (QED) is 0.734. The zero-order valence-corrected chi connectivity index (χ0v) is 13.4. The van der Waals surface area contributed by atoms with E-state index in [1.165, 1.54) is 24.1 Å². The molecule has 0 spiro atoms. The van der Waals surface area contributed by atoms with Gasteiger partial charge in [-0.3, -0.25) is 14.3 Å². The van der Waals surface area contributed by atoms with E-state index in [9.17, 15) is 14.4 Å². The lowest BCUT2D eigenvalue weighted by molar-refractivity contribution is -0.116. The van der Waals surface area contributed by atoms with E-state index in [4.69, 9.17) is 0 Å². The maximum atomic E-state index is 12.3. The van der Waals surface area contributed by atoms with Crippen molar-refractivity contribution >= 4 is 28.5 Å². The number of aromatic nitrogens is 2. The van der Waals surface area contributed by atoms with Crippen LogP contribution in [-0.2, 0) is 16.1 Å². The topological polar surface area (TPSA) is 90.3 Å². The third-order valence-electron chi connectivity index (χ3n) is 3.62. The van der Waals surface area contributed by atoms with Crippen LogP contribution in [0.3, 0.4) is 0 Å². The Morgan fingerprint density at radius 3 is 2.76 bits per heavy atom. The largest absolute Gasteiger partial charge is 0.465 e. The predicted molar refractivity (Wildman–Crippen MR) is 92.4 cm³/mol. The number of para-hydroxylation sites is 1. The van der Waals surface area contributed by atoms with Crippen molar-refractivity contribution in [2.45, 2.75) is 6.54 Å². The summed E-state index contributed by atoms with van der Waals surface area (Å²) in [6.07, 6.45) is 1.19. The number of carbonyl (C=O) groups is 2. The fourth-order valence-corrected chi connectivity index (χ4v) is 2.47. The Bertz CT molecular complexity index is 1010. The number of benzene rings is 2. The molecule has 7 heteroatoms. The van der Waals surface area contributed by atoms with Crippen molar-refractivity contribution in [2.75, 3.05) is 12.4 Å². The minimum atomic E-state index is -0.482. The monoisotopic (exact) mass is 337 g/mol. The molecular formula is C18H15N3O4. The Hall–Kier alpha value is -3.48. The van der Waals surface area contributed by atoms with E-state index in [0.717, 1.165) is 0 Å². The Labute approximate surface area is 142 Å². The van der Waals surface area contributed by atoms with Crippen LogP contribution < -0.4 is 10.7 Å². The van der Waals surface area contributed by atoms with Gasteiger partial charge in [0.1, 0.15) is 6.54 Å². The Balaban J connectivity index is 1.81. The fourth-order valence-electron chi connectivity index (χ4n) is 2.47. The SMILES string of the molecule is COC(=O)c1cccc(NC(=O)Cn2ncc(=O)c3ccccc32)c1. The first kappa shape index (κ1) is 16.4. The fraction of sp³-hybridized carbons (Fsp3) is 0.111. The van der Waals surface area contributed by atoms with Crippen molar-refractivity contribution in [1.82, 2.24) is 9.78 Å². The number of fused-ring (bicyclic) bond motifs is 1. The molecule has 0 atom stereocenters. The molecule has 25 heavy (non-hydrogen) atoms. The van der Waals surface area contributed by atoms with Gasteiger partial charge < -0.3 is 10.1 Å². The molecule has 3 rings (SSSR count). The van der Waals surface area contributed by atoms with Crippen molar-refractivity contribution in [2.24, 2.45) is 0 Å². The highest BCUT2D eigenvalue weighted by atomic mass is 16.5. The first-order chi connectivity index (χ1) is 12.1. The molecule has 0 bridgehead atoms. The average molecular weight is 337 g/mol. The number of ether oxygens (including phenoxy) is 1. The molecule has 0 fully saturated rings. The zero-order valence-electron chi connectivity index (χ0n) is 13.4. The number of rotatable bonds is 4. The number of hydrogen-bond donors (Lipinski definition) is 1. The Kier molecular flexibility index (Phi) is 4.56. The minimum absolute atomic E-state index is 0.0662. The third-order valence-corrected chi connectivity index (χ3v) is 3.62. The molecular weight excluding hydrogens is 322 g/mol. The molecule has 1 aromatic heterocycles. The standard InChI is InChI=1S/C18H15N3O4/c1-25-18(24)12-5-4-6-13(9-12)20-17(23)11-21-15-8-3-2-7-14(15)16(22)10-19-21/h2-10H,11H2,1H3,(H,20,23). The van der Waals surface area contributed by atoms with Crippen LogP contribution in [0.25, 0.3) is 10.9 Å². The first-order valence-corrected chi connectivity index (χ1v) is 7.51. The van der Waals surface area contributed by atoms with Crippen LogP contribution in [-0.4, -0.2) is 28.8 Å². The molecule has 0 saturated heterocycles. The van der Waals surface area contributed by atoms with Crippen molar-refractivity contribution in [3.8, 4) is 0 Å². The van der Waals surface area contributed by atoms with Gasteiger partial charge in [0.05, 0.1) is 24.4 Å². The number of nitrogens with one attached hydrogen (secondary N) is 1. The second-order valence-electron chi connectivity index (χ2n) is 5.30. The van der Waals surface area contributed by atoms with Gasteiger partial charge in [0.2, 0.25) is 11.3 Å². The van der Waals surface area contributed by atoms with Crippen LogP contribution in [0.4, 0.5) is 5.69 Å². The van der Waals surface area contributed by atoms with Crippen LogP contribution in [0.1, 0.15) is 10.4 Å². The molecule has 0 aliphatic rings. The average Bonchev–Trinajstić information content (AvgIpc) is 2.64. The van der Waals surface area contributed by atoms with E-state index in [2.05, 4.69) is 15.2 Å². The normalized spacial score (nSPS) is 10.4. The van der Waals surface area contributed by atoms with E-state index in [0.29, 0.717) is 22.2 Å². The molecule has 2 aromatic carbocycles. The number of esters is 1. The maximum absolute atomic E-state index is 12.3. The summed E-state index contributed by atoms with van der Waals surface area (Å²) in [5, 5.41) is 7.22. The molecule has 0 aliphatic heterocycles. The summed E-state index contributed by atoms with van der Waals surface area (Å²) in [6.45, 7) is -0.0662. The summed E-state index contributed by atoms with van der Waals surface area (Å²) in [7, 11) is 1.29. The third kappa shape index (κ3) is 3.55.